The van der Waals surface area contributed by atoms with Crippen LogP contribution in [0.15, 0.2) is 30.6 Å². The molecule has 1 fully saturated rings. The van der Waals surface area contributed by atoms with E-state index in [0.29, 0.717) is 19.0 Å². The Balaban J connectivity index is 1.80. The molecule has 24 heavy (non-hydrogen) atoms. The molecule has 126 valence electrons. The number of halogens is 2. The van der Waals surface area contributed by atoms with Crippen molar-refractivity contribution in [3.05, 3.63) is 47.9 Å². The Labute approximate surface area is 138 Å². The molecule has 0 radical (unpaired) electrons. The molecule has 2 heterocycles. The van der Waals surface area contributed by atoms with Gasteiger partial charge in [0.1, 0.15) is 35.2 Å². The first kappa shape index (κ1) is 16.3. The van der Waals surface area contributed by atoms with Crippen molar-refractivity contribution in [1.29, 1.82) is 0 Å². The third kappa shape index (κ3) is 3.50. The number of hydrogen-bond donors (Lipinski definition) is 1. The van der Waals surface area contributed by atoms with Crippen LogP contribution in [0, 0.1) is 17.6 Å². The van der Waals surface area contributed by atoms with E-state index in [0.717, 1.165) is 25.0 Å². The molecule has 1 aliphatic heterocycles. The van der Waals surface area contributed by atoms with E-state index in [9.17, 15) is 13.6 Å². The normalized spacial score (nSPS) is 17.6. The van der Waals surface area contributed by atoms with Crippen LogP contribution in [0.4, 0.5) is 20.3 Å². The number of amides is 1. The van der Waals surface area contributed by atoms with E-state index in [1.807, 2.05) is 0 Å². The van der Waals surface area contributed by atoms with Crippen molar-refractivity contribution in [2.24, 2.45) is 5.92 Å². The van der Waals surface area contributed by atoms with Gasteiger partial charge in [0.05, 0.1) is 0 Å². The maximum Gasteiger partial charge on any atom is 0.272 e. The number of aromatic nitrogens is 2. The smallest absolute Gasteiger partial charge is 0.272 e. The van der Waals surface area contributed by atoms with Crippen molar-refractivity contribution in [2.45, 2.75) is 19.8 Å². The molecule has 1 aromatic heterocycles. The topological polar surface area (TPSA) is 58.1 Å². The zero-order valence-corrected chi connectivity index (χ0v) is 13.3. The second-order valence-electron chi connectivity index (χ2n) is 6.01. The van der Waals surface area contributed by atoms with Gasteiger partial charge in [0, 0.05) is 19.2 Å². The van der Waals surface area contributed by atoms with Crippen LogP contribution in [0.25, 0.3) is 0 Å². The summed E-state index contributed by atoms with van der Waals surface area (Å²) in [5.41, 5.74) is -0.0976. The van der Waals surface area contributed by atoms with E-state index in [4.69, 9.17) is 0 Å². The van der Waals surface area contributed by atoms with E-state index in [1.165, 1.54) is 18.5 Å². The molecule has 0 bridgehead atoms. The number of anilines is 2. The molecule has 1 saturated heterocycles. The number of hydrogen-bond acceptors (Lipinski definition) is 4. The van der Waals surface area contributed by atoms with Crippen molar-refractivity contribution < 1.29 is 13.6 Å². The number of rotatable bonds is 3. The highest BCUT2D eigenvalue weighted by Gasteiger charge is 2.23. The van der Waals surface area contributed by atoms with Gasteiger partial charge < -0.3 is 10.2 Å². The van der Waals surface area contributed by atoms with Gasteiger partial charge in [-0.1, -0.05) is 13.0 Å². The molecule has 1 amide bonds. The lowest BCUT2D eigenvalue weighted by molar-refractivity contribution is 0.0677. The molecule has 1 atom stereocenters. The predicted octanol–water partition coefficient (Wildman–Crippen LogP) is 3.37. The largest absolute Gasteiger partial charge is 0.337 e. The number of nitrogens with zero attached hydrogens (tertiary/aromatic N) is 3. The third-order valence-electron chi connectivity index (χ3n) is 4.05. The summed E-state index contributed by atoms with van der Waals surface area (Å²) >= 11 is 0. The minimum atomic E-state index is -0.730. The molecule has 7 heteroatoms. The molecule has 1 N–H and O–H groups in total. The van der Waals surface area contributed by atoms with Crippen LogP contribution in [-0.2, 0) is 0 Å². The van der Waals surface area contributed by atoms with Gasteiger partial charge in [-0.25, -0.2) is 18.7 Å². The lowest BCUT2D eigenvalue weighted by Gasteiger charge is -2.30. The molecular formula is C17H18F2N4O. The highest BCUT2D eigenvalue weighted by molar-refractivity contribution is 5.93. The minimum Gasteiger partial charge on any atom is -0.337 e. The Bertz CT molecular complexity index is 733. The van der Waals surface area contributed by atoms with Crippen LogP contribution in [0.5, 0.6) is 0 Å². The first-order valence-electron chi connectivity index (χ1n) is 7.87. The van der Waals surface area contributed by atoms with E-state index >= 15 is 0 Å². The summed E-state index contributed by atoms with van der Waals surface area (Å²) in [5, 5.41) is 2.58. The Morgan fingerprint density at radius 2 is 2.04 bits per heavy atom. The summed E-state index contributed by atoms with van der Waals surface area (Å²) in [6.07, 6.45) is 3.28. The highest BCUT2D eigenvalue weighted by atomic mass is 19.1. The second kappa shape index (κ2) is 6.90. The summed E-state index contributed by atoms with van der Waals surface area (Å²) in [6.45, 7) is 3.48. The number of nitrogens with one attached hydrogen (secondary N) is 1. The van der Waals surface area contributed by atoms with Crippen LogP contribution in [0.1, 0.15) is 30.3 Å². The van der Waals surface area contributed by atoms with Crippen molar-refractivity contribution in [2.75, 3.05) is 18.4 Å². The lowest BCUT2D eigenvalue weighted by atomic mass is 10.00. The molecule has 5 nitrogen and oxygen atoms in total. The van der Waals surface area contributed by atoms with Gasteiger partial charge >= 0.3 is 0 Å². The molecule has 1 aromatic carbocycles. The number of para-hydroxylation sites is 1. The van der Waals surface area contributed by atoms with Crippen LogP contribution < -0.4 is 5.32 Å². The fraction of sp³-hybridized carbons (Fsp3) is 0.353. The van der Waals surface area contributed by atoms with E-state index in [-0.39, 0.29) is 23.1 Å². The monoisotopic (exact) mass is 332 g/mol. The first-order valence-corrected chi connectivity index (χ1v) is 7.87. The van der Waals surface area contributed by atoms with Crippen molar-refractivity contribution in [3.63, 3.8) is 0 Å². The number of likely N-dealkylation sites (tertiary alicyclic amines) is 1. The molecule has 0 aliphatic carbocycles. The van der Waals surface area contributed by atoms with Gasteiger partial charge in [-0.2, -0.15) is 0 Å². The number of benzene rings is 1. The summed E-state index contributed by atoms with van der Waals surface area (Å²) in [6, 6.07) is 4.98. The molecule has 3 rings (SSSR count). The standard InChI is InChI=1S/C17H18F2N4O/c1-11-4-3-7-23(9-11)17(24)14-8-15(21-10-20-14)22-16-12(18)5-2-6-13(16)19/h2,5-6,8,10-11H,3-4,7,9H2,1H3,(H,20,21,22). The minimum absolute atomic E-state index is 0.169. The second-order valence-corrected chi connectivity index (χ2v) is 6.01. The average molecular weight is 332 g/mol. The number of piperidine rings is 1. The Morgan fingerprint density at radius 1 is 1.29 bits per heavy atom. The molecular weight excluding hydrogens is 314 g/mol. The van der Waals surface area contributed by atoms with Crippen LogP contribution in [0.3, 0.4) is 0 Å². The fourth-order valence-corrected chi connectivity index (χ4v) is 2.82. The van der Waals surface area contributed by atoms with Gasteiger partial charge in [0.2, 0.25) is 0 Å². The fourth-order valence-electron chi connectivity index (χ4n) is 2.82. The molecule has 0 spiro atoms. The zero-order valence-electron chi connectivity index (χ0n) is 13.3. The molecule has 1 unspecified atom stereocenters. The van der Waals surface area contributed by atoms with Gasteiger partial charge in [-0.3, -0.25) is 4.79 Å². The van der Waals surface area contributed by atoms with Crippen LogP contribution in [-0.4, -0.2) is 33.9 Å². The predicted molar refractivity (Wildman–Crippen MR) is 86.0 cm³/mol. The van der Waals surface area contributed by atoms with Crippen molar-refractivity contribution in [3.8, 4) is 0 Å². The van der Waals surface area contributed by atoms with Crippen LogP contribution >= 0.6 is 0 Å². The van der Waals surface area contributed by atoms with Gasteiger partial charge in [0.25, 0.3) is 5.91 Å². The summed E-state index contributed by atoms with van der Waals surface area (Å²) in [5.74, 6) is -1.03. The van der Waals surface area contributed by atoms with E-state index in [1.54, 1.807) is 4.90 Å². The maximum atomic E-state index is 13.7. The summed E-state index contributed by atoms with van der Waals surface area (Å²) in [7, 11) is 0. The quantitative estimate of drug-likeness (QED) is 0.936. The average Bonchev–Trinajstić information content (AvgIpc) is 2.58. The Kier molecular flexibility index (Phi) is 4.69. The molecule has 2 aromatic rings. The molecule has 1 aliphatic rings. The van der Waals surface area contributed by atoms with Crippen LogP contribution in [0.2, 0.25) is 0 Å². The SMILES string of the molecule is CC1CCCN(C(=O)c2cc(Nc3c(F)cccc3F)ncn2)C1. The van der Waals surface area contributed by atoms with Gasteiger partial charge in [0.15, 0.2) is 0 Å². The Hall–Kier alpha value is -2.57. The van der Waals surface area contributed by atoms with Gasteiger partial charge in [-0.05, 0) is 30.9 Å². The highest BCUT2D eigenvalue weighted by Crippen LogP contribution is 2.23. The third-order valence-corrected chi connectivity index (χ3v) is 4.05. The first-order chi connectivity index (χ1) is 11.5. The zero-order chi connectivity index (χ0) is 17.1. The molecule has 0 saturated carbocycles. The summed E-state index contributed by atoms with van der Waals surface area (Å²) < 4.78 is 27.4. The van der Waals surface area contributed by atoms with E-state index in [2.05, 4.69) is 22.2 Å². The summed E-state index contributed by atoms with van der Waals surface area (Å²) in [4.78, 5) is 22.2. The van der Waals surface area contributed by atoms with E-state index < -0.39 is 11.6 Å². The van der Waals surface area contributed by atoms with Gasteiger partial charge in [-0.15, -0.1) is 0 Å². The number of carbonyl (C=O) groups is 1. The Morgan fingerprint density at radius 3 is 2.75 bits per heavy atom. The van der Waals surface area contributed by atoms with Crippen molar-refractivity contribution >= 4 is 17.4 Å². The maximum absolute atomic E-state index is 13.7. The number of carbonyl (C=O) groups excluding carboxylic acids is 1. The van der Waals surface area contributed by atoms with Crippen molar-refractivity contribution in [1.82, 2.24) is 14.9 Å². The lowest BCUT2D eigenvalue weighted by Crippen LogP contribution is -2.39.